The van der Waals surface area contributed by atoms with Gasteiger partial charge in [0.05, 0.1) is 15.7 Å². The molecule has 0 radical (unpaired) electrons. The summed E-state index contributed by atoms with van der Waals surface area (Å²) in [4.78, 5) is 62.5. The number of amides is 3. The second-order valence-electron chi connectivity index (χ2n) is 7.08. The minimum Gasteiger partial charge on any atom is -0.353 e. The molecule has 1 saturated heterocycles. The minimum absolute atomic E-state index is 0.0591. The second kappa shape index (κ2) is 9.25. The summed E-state index contributed by atoms with van der Waals surface area (Å²) >= 11 is 0.685. The highest BCUT2D eigenvalue weighted by atomic mass is 32.2. The van der Waals surface area contributed by atoms with E-state index in [-0.39, 0.29) is 34.3 Å². The number of thioether (sulfide) groups is 1. The van der Waals surface area contributed by atoms with Gasteiger partial charge in [0.2, 0.25) is 5.91 Å². The molecular formula is C22H17FN4O5S. The zero-order chi connectivity index (χ0) is 23.5. The maximum absolute atomic E-state index is 13.8. The summed E-state index contributed by atoms with van der Waals surface area (Å²) in [6, 6.07) is 12.1. The molecule has 0 bridgehead atoms. The molecule has 11 heteroatoms. The lowest BCUT2D eigenvalue weighted by atomic mass is 10.2. The smallest absolute Gasteiger partial charge is 0.293 e. The second-order valence-corrected chi connectivity index (χ2v) is 8.08. The van der Waals surface area contributed by atoms with E-state index in [1.165, 1.54) is 36.4 Å². The van der Waals surface area contributed by atoms with Gasteiger partial charge in [0.1, 0.15) is 12.4 Å². The van der Waals surface area contributed by atoms with Crippen molar-refractivity contribution >= 4 is 45.7 Å². The van der Waals surface area contributed by atoms with Crippen LogP contribution < -0.4 is 16.4 Å². The van der Waals surface area contributed by atoms with E-state index < -0.39 is 40.5 Å². The highest BCUT2D eigenvalue weighted by Gasteiger charge is 2.34. The van der Waals surface area contributed by atoms with Crippen molar-refractivity contribution in [3.63, 3.8) is 0 Å². The molecule has 0 spiro atoms. The van der Waals surface area contributed by atoms with E-state index in [1.54, 1.807) is 18.2 Å². The predicted molar refractivity (Wildman–Crippen MR) is 121 cm³/mol. The van der Waals surface area contributed by atoms with Crippen LogP contribution in [0.15, 0.2) is 63.0 Å². The first kappa shape index (κ1) is 22.2. The Morgan fingerprint density at radius 3 is 2.48 bits per heavy atom. The lowest BCUT2D eigenvalue weighted by Crippen LogP contribution is -2.40. The van der Waals surface area contributed by atoms with Crippen molar-refractivity contribution in [2.75, 3.05) is 13.1 Å². The lowest BCUT2D eigenvalue weighted by molar-refractivity contribution is -0.124. The first-order valence-electron chi connectivity index (χ1n) is 9.83. The van der Waals surface area contributed by atoms with E-state index in [4.69, 9.17) is 0 Å². The van der Waals surface area contributed by atoms with E-state index in [9.17, 15) is 28.4 Å². The van der Waals surface area contributed by atoms with Gasteiger partial charge < -0.3 is 5.32 Å². The molecule has 3 aromatic rings. The lowest BCUT2D eigenvalue weighted by Gasteiger charge is -2.13. The Kier molecular flexibility index (Phi) is 6.22. The molecule has 2 heterocycles. The van der Waals surface area contributed by atoms with E-state index in [0.29, 0.717) is 11.8 Å². The third-order valence-corrected chi connectivity index (χ3v) is 5.82. The highest BCUT2D eigenvalue weighted by Crippen LogP contribution is 2.32. The number of halogens is 1. The monoisotopic (exact) mass is 468 g/mol. The number of aromatic amines is 1. The number of imide groups is 1. The van der Waals surface area contributed by atoms with Crippen molar-refractivity contribution in [2.24, 2.45) is 0 Å². The Morgan fingerprint density at radius 1 is 1.03 bits per heavy atom. The standard InChI is InChI=1S/C22H17FN4O5S/c23-16-8-4-1-5-13(16)11-17-21(31)26(22(32)33-17)10-9-24-18(28)12-27-20(30)15-7-3-2-6-14(15)19(29)25-27/h1-8,11H,9-10,12H2,(H,24,28)(H,25,29). The van der Waals surface area contributed by atoms with E-state index in [2.05, 4.69) is 10.4 Å². The molecule has 3 amide bonds. The van der Waals surface area contributed by atoms with Crippen LogP contribution in [0.25, 0.3) is 16.8 Å². The van der Waals surface area contributed by atoms with Crippen LogP contribution >= 0.6 is 11.8 Å². The Labute approximate surface area is 189 Å². The molecular weight excluding hydrogens is 451 g/mol. The number of hydrogen-bond donors (Lipinski definition) is 2. The zero-order valence-corrected chi connectivity index (χ0v) is 17.9. The normalized spacial score (nSPS) is 14.9. The predicted octanol–water partition coefficient (Wildman–Crippen LogP) is 1.68. The third-order valence-electron chi connectivity index (χ3n) is 4.91. The number of fused-ring (bicyclic) bond motifs is 1. The van der Waals surface area contributed by atoms with Gasteiger partial charge in [0.25, 0.3) is 22.3 Å². The average molecular weight is 468 g/mol. The van der Waals surface area contributed by atoms with Crippen LogP contribution in [0, 0.1) is 5.82 Å². The number of H-pyrrole nitrogens is 1. The number of carbonyl (C=O) groups excluding carboxylic acids is 3. The highest BCUT2D eigenvalue weighted by molar-refractivity contribution is 8.18. The summed E-state index contributed by atoms with van der Waals surface area (Å²) in [5.74, 6) is -1.69. The molecule has 0 saturated carbocycles. The van der Waals surface area contributed by atoms with Crippen LogP contribution in [0.5, 0.6) is 0 Å². The topological polar surface area (TPSA) is 121 Å². The van der Waals surface area contributed by atoms with Crippen molar-refractivity contribution in [3.8, 4) is 0 Å². The number of hydrogen-bond acceptors (Lipinski definition) is 6. The van der Waals surface area contributed by atoms with Gasteiger partial charge in [-0.2, -0.15) is 0 Å². The number of nitrogens with one attached hydrogen (secondary N) is 2. The molecule has 168 valence electrons. The molecule has 1 aliphatic heterocycles. The van der Waals surface area contributed by atoms with Gasteiger partial charge in [-0.05, 0) is 36.0 Å². The fraction of sp³-hybridized carbons (Fsp3) is 0.136. The van der Waals surface area contributed by atoms with Gasteiger partial charge in [0.15, 0.2) is 0 Å². The Hall–Kier alpha value is -3.99. The molecule has 9 nitrogen and oxygen atoms in total. The number of benzene rings is 2. The first-order chi connectivity index (χ1) is 15.8. The molecule has 2 N–H and O–H groups in total. The summed E-state index contributed by atoms with van der Waals surface area (Å²) in [6.07, 6.45) is 1.31. The summed E-state index contributed by atoms with van der Waals surface area (Å²) in [7, 11) is 0. The van der Waals surface area contributed by atoms with Gasteiger partial charge in [0, 0.05) is 18.7 Å². The number of carbonyl (C=O) groups is 3. The average Bonchev–Trinajstić information content (AvgIpc) is 3.06. The number of rotatable bonds is 6. The summed E-state index contributed by atoms with van der Waals surface area (Å²) in [5.41, 5.74) is -0.840. The van der Waals surface area contributed by atoms with Crippen molar-refractivity contribution in [2.45, 2.75) is 6.54 Å². The maximum atomic E-state index is 13.8. The maximum Gasteiger partial charge on any atom is 0.293 e. The van der Waals surface area contributed by atoms with Crippen LogP contribution in [0.2, 0.25) is 0 Å². The van der Waals surface area contributed by atoms with E-state index in [1.807, 2.05) is 0 Å². The summed E-state index contributed by atoms with van der Waals surface area (Å²) < 4.78 is 14.7. The first-order valence-corrected chi connectivity index (χ1v) is 10.7. The molecule has 1 aromatic heterocycles. The largest absolute Gasteiger partial charge is 0.353 e. The minimum atomic E-state index is -0.586. The van der Waals surface area contributed by atoms with Crippen molar-refractivity contribution < 1.29 is 18.8 Å². The van der Waals surface area contributed by atoms with Crippen molar-refractivity contribution in [1.82, 2.24) is 20.0 Å². The van der Waals surface area contributed by atoms with Crippen LogP contribution in [-0.4, -0.2) is 44.8 Å². The van der Waals surface area contributed by atoms with Gasteiger partial charge in [-0.1, -0.05) is 30.3 Å². The fourth-order valence-corrected chi connectivity index (χ4v) is 4.15. The Bertz CT molecular complexity index is 1430. The molecule has 1 fully saturated rings. The Morgan fingerprint density at radius 2 is 1.73 bits per heavy atom. The van der Waals surface area contributed by atoms with Crippen LogP contribution in [0.1, 0.15) is 5.56 Å². The SMILES string of the molecule is O=C(Cn1[nH]c(=O)c2ccccc2c1=O)NCCN1C(=O)SC(=Cc2ccccc2F)C1=O. The van der Waals surface area contributed by atoms with E-state index in [0.717, 1.165) is 9.58 Å². The van der Waals surface area contributed by atoms with Gasteiger partial charge in [-0.15, -0.1) is 0 Å². The molecule has 2 aromatic carbocycles. The molecule has 1 aliphatic rings. The molecule has 33 heavy (non-hydrogen) atoms. The molecule has 4 rings (SSSR count). The summed E-state index contributed by atoms with van der Waals surface area (Å²) in [5, 5.41) is 4.75. The van der Waals surface area contributed by atoms with Crippen molar-refractivity contribution in [1.29, 1.82) is 0 Å². The molecule has 0 aliphatic carbocycles. The Balaban J connectivity index is 1.38. The quantitative estimate of drug-likeness (QED) is 0.531. The van der Waals surface area contributed by atoms with Crippen LogP contribution in [-0.2, 0) is 16.1 Å². The summed E-state index contributed by atoms with van der Waals surface area (Å²) in [6.45, 7) is -0.599. The van der Waals surface area contributed by atoms with Gasteiger partial charge in [-0.3, -0.25) is 34.0 Å². The van der Waals surface area contributed by atoms with E-state index >= 15 is 0 Å². The van der Waals surface area contributed by atoms with Crippen LogP contribution in [0.3, 0.4) is 0 Å². The van der Waals surface area contributed by atoms with Gasteiger partial charge >= 0.3 is 0 Å². The number of nitrogens with zero attached hydrogens (tertiary/aromatic N) is 2. The van der Waals surface area contributed by atoms with Gasteiger partial charge in [-0.25, -0.2) is 9.07 Å². The number of aromatic nitrogens is 2. The fourth-order valence-electron chi connectivity index (χ4n) is 3.29. The van der Waals surface area contributed by atoms with Crippen molar-refractivity contribution in [3.05, 3.63) is 85.5 Å². The molecule has 0 unspecified atom stereocenters. The third kappa shape index (κ3) is 4.62. The molecule has 0 atom stereocenters. The zero-order valence-electron chi connectivity index (χ0n) is 17.0. The van der Waals surface area contributed by atoms with Crippen LogP contribution in [0.4, 0.5) is 9.18 Å².